The fourth-order valence-corrected chi connectivity index (χ4v) is 3.79. The van der Waals surface area contributed by atoms with Gasteiger partial charge in [-0.05, 0) is 12.8 Å². The monoisotopic (exact) mass is 321 g/mol. The number of rotatable bonds is 7. The standard InChI is InChI=1S/C11H19N3O4S2/c1-7(2)6-12-9(15)4-5-13-20(17,18)10-8(3)14-11(16)19-10/h7,13H,4-6H2,1-3H3,(H,12,15)(H,14,16). The second-order valence-corrected chi connectivity index (χ2v) is 7.72. The minimum atomic E-state index is -3.74. The van der Waals surface area contributed by atoms with Crippen molar-refractivity contribution in [1.29, 1.82) is 0 Å². The van der Waals surface area contributed by atoms with Crippen LogP contribution in [0.15, 0.2) is 9.00 Å². The molecule has 7 nitrogen and oxygen atoms in total. The van der Waals surface area contributed by atoms with Crippen LogP contribution in [0.25, 0.3) is 0 Å². The number of aromatic amines is 1. The number of H-pyrrole nitrogens is 1. The molecule has 0 bridgehead atoms. The molecular formula is C11H19N3O4S2. The van der Waals surface area contributed by atoms with E-state index in [0.29, 0.717) is 29.5 Å². The first-order chi connectivity index (χ1) is 9.22. The van der Waals surface area contributed by atoms with Gasteiger partial charge in [0.25, 0.3) is 10.0 Å². The summed E-state index contributed by atoms with van der Waals surface area (Å²) in [4.78, 5) is 24.5. The van der Waals surface area contributed by atoms with Crippen LogP contribution in [0, 0.1) is 12.8 Å². The molecule has 20 heavy (non-hydrogen) atoms. The Morgan fingerprint density at radius 3 is 2.55 bits per heavy atom. The zero-order valence-electron chi connectivity index (χ0n) is 11.6. The molecule has 1 aromatic heterocycles. The van der Waals surface area contributed by atoms with Gasteiger partial charge in [0, 0.05) is 25.2 Å². The number of hydrogen-bond acceptors (Lipinski definition) is 5. The van der Waals surface area contributed by atoms with Crippen molar-refractivity contribution in [3.8, 4) is 0 Å². The average molecular weight is 321 g/mol. The average Bonchev–Trinajstić information content (AvgIpc) is 2.66. The second kappa shape index (κ2) is 7.00. The number of thiazole rings is 1. The van der Waals surface area contributed by atoms with Crippen molar-refractivity contribution in [2.24, 2.45) is 5.92 Å². The molecule has 1 heterocycles. The van der Waals surface area contributed by atoms with Crippen molar-refractivity contribution in [3.63, 3.8) is 0 Å². The molecule has 0 atom stereocenters. The Morgan fingerprint density at radius 1 is 1.40 bits per heavy atom. The SMILES string of the molecule is Cc1[nH]c(=O)sc1S(=O)(=O)NCCC(=O)NCC(C)C. The van der Waals surface area contributed by atoms with E-state index in [1.807, 2.05) is 13.8 Å². The van der Waals surface area contributed by atoms with Crippen molar-refractivity contribution in [3.05, 3.63) is 15.4 Å². The van der Waals surface area contributed by atoms with E-state index in [2.05, 4.69) is 15.0 Å². The molecule has 0 spiro atoms. The van der Waals surface area contributed by atoms with Crippen LogP contribution in [0.3, 0.4) is 0 Å². The van der Waals surface area contributed by atoms with E-state index in [4.69, 9.17) is 0 Å². The van der Waals surface area contributed by atoms with Crippen LogP contribution in [-0.4, -0.2) is 32.4 Å². The highest BCUT2D eigenvalue weighted by Crippen LogP contribution is 2.15. The number of aryl methyl sites for hydroxylation is 1. The Kier molecular flexibility index (Phi) is 5.90. The molecule has 0 fully saturated rings. The van der Waals surface area contributed by atoms with E-state index >= 15 is 0 Å². The minimum Gasteiger partial charge on any atom is -0.356 e. The maximum absolute atomic E-state index is 11.9. The quantitative estimate of drug-likeness (QED) is 0.666. The summed E-state index contributed by atoms with van der Waals surface area (Å²) in [5, 5.41) is 2.70. The molecule has 0 aromatic carbocycles. The predicted octanol–water partition coefficient (Wildman–Crippen LogP) is 0.185. The van der Waals surface area contributed by atoms with Crippen molar-refractivity contribution in [1.82, 2.24) is 15.0 Å². The van der Waals surface area contributed by atoms with Crippen LogP contribution >= 0.6 is 11.3 Å². The van der Waals surface area contributed by atoms with E-state index < -0.39 is 14.9 Å². The normalized spacial score (nSPS) is 11.8. The van der Waals surface area contributed by atoms with Gasteiger partial charge in [-0.2, -0.15) is 0 Å². The van der Waals surface area contributed by atoms with Crippen molar-refractivity contribution >= 4 is 27.3 Å². The number of sulfonamides is 1. The Balaban J connectivity index is 2.51. The van der Waals surface area contributed by atoms with E-state index in [1.165, 1.54) is 6.92 Å². The second-order valence-electron chi connectivity index (χ2n) is 4.77. The summed E-state index contributed by atoms with van der Waals surface area (Å²) in [6.07, 6.45) is 0.0598. The third-order valence-electron chi connectivity index (χ3n) is 2.38. The lowest BCUT2D eigenvalue weighted by atomic mass is 10.2. The van der Waals surface area contributed by atoms with Crippen LogP contribution in [0.5, 0.6) is 0 Å². The minimum absolute atomic E-state index is 0.00219. The van der Waals surface area contributed by atoms with Crippen LogP contribution in [0.1, 0.15) is 26.0 Å². The molecule has 0 aliphatic heterocycles. The number of nitrogens with one attached hydrogen (secondary N) is 3. The smallest absolute Gasteiger partial charge is 0.305 e. The van der Waals surface area contributed by atoms with E-state index in [-0.39, 0.29) is 23.1 Å². The topological polar surface area (TPSA) is 108 Å². The number of amides is 1. The van der Waals surface area contributed by atoms with Gasteiger partial charge in [-0.25, -0.2) is 13.1 Å². The highest BCUT2D eigenvalue weighted by Gasteiger charge is 2.20. The van der Waals surface area contributed by atoms with Gasteiger partial charge in [-0.1, -0.05) is 25.2 Å². The summed E-state index contributed by atoms with van der Waals surface area (Å²) in [6, 6.07) is 0. The molecule has 1 rings (SSSR count). The fraction of sp³-hybridized carbons (Fsp3) is 0.636. The summed E-state index contributed by atoms with van der Waals surface area (Å²) in [5.41, 5.74) is 0.303. The summed E-state index contributed by atoms with van der Waals surface area (Å²) in [6.45, 7) is 6.02. The molecule has 9 heteroatoms. The Bertz CT molecular complexity index is 616. The predicted molar refractivity (Wildman–Crippen MR) is 77.3 cm³/mol. The first-order valence-electron chi connectivity index (χ1n) is 6.18. The summed E-state index contributed by atoms with van der Waals surface area (Å²) < 4.78 is 26.1. The Morgan fingerprint density at radius 2 is 2.05 bits per heavy atom. The van der Waals surface area contributed by atoms with Gasteiger partial charge in [-0.15, -0.1) is 0 Å². The lowest BCUT2D eigenvalue weighted by molar-refractivity contribution is -0.121. The third-order valence-corrected chi connectivity index (χ3v) is 5.44. The molecule has 0 aliphatic carbocycles. The molecule has 0 unspecified atom stereocenters. The zero-order chi connectivity index (χ0) is 15.3. The number of aromatic nitrogens is 1. The summed E-state index contributed by atoms with van der Waals surface area (Å²) in [7, 11) is -3.74. The number of hydrogen-bond donors (Lipinski definition) is 3. The number of carbonyl (C=O) groups excluding carboxylic acids is 1. The van der Waals surface area contributed by atoms with Gasteiger partial charge < -0.3 is 10.3 Å². The lowest BCUT2D eigenvalue weighted by Crippen LogP contribution is -2.32. The molecule has 0 saturated heterocycles. The number of carbonyl (C=O) groups is 1. The van der Waals surface area contributed by atoms with Crippen molar-refractivity contribution < 1.29 is 13.2 Å². The maximum atomic E-state index is 11.9. The molecule has 114 valence electrons. The zero-order valence-corrected chi connectivity index (χ0v) is 13.3. The third kappa shape index (κ3) is 5.06. The van der Waals surface area contributed by atoms with Gasteiger partial charge >= 0.3 is 4.87 Å². The Labute approximate surface area is 121 Å². The van der Waals surface area contributed by atoms with E-state index in [0.717, 1.165) is 0 Å². The molecule has 0 aliphatic rings. The van der Waals surface area contributed by atoms with Crippen LogP contribution in [-0.2, 0) is 14.8 Å². The molecule has 1 amide bonds. The van der Waals surface area contributed by atoms with Gasteiger partial charge in [0.15, 0.2) is 4.21 Å². The summed E-state index contributed by atoms with van der Waals surface area (Å²) >= 11 is 0.632. The van der Waals surface area contributed by atoms with Gasteiger partial charge in [0.05, 0.1) is 0 Å². The largest absolute Gasteiger partial charge is 0.356 e. The fourth-order valence-electron chi connectivity index (χ4n) is 1.42. The van der Waals surface area contributed by atoms with Crippen LogP contribution in [0.4, 0.5) is 0 Å². The molecule has 3 N–H and O–H groups in total. The van der Waals surface area contributed by atoms with Crippen molar-refractivity contribution in [2.45, 2.75) is 31.4 Å². The van der Waals surface area contributed by atoms with Gasteiger partial charge in [0.2, 0.25) is 5.91 Å². The maximum Gasteiger partial charge on any atom is 0.305 e. The highest BCUT2D eigenvalue weighted by atomic mass is 32.2. The van der Waals surface area contributed by atoms with Gasteiger partial charge in [0.1, 0.15) is 0 Å². The van der Waals surface area contributed by atoms with Crippen LogP contribution in [0.2, 0.25) is 0 Å². The summed E-state index contributed by atoms with van der Waals surface area (Å²) in [5.74, 6) is 0.135. The molecule has 0 saturated carbocycles. The molecule has 0 radical (unpaired) electrons. The van der Waals surface area contributed by atoms with E-state index in [1.54, 1.807) is 0 Å². The first-order valence-corrected chi connectivity index (χ1v) is 8.48. The highest BCUT2D eigenvalue weighted by molar-refractivity contribution is 7.91. The lowest BCUT2D eigenvalue weighted by Gasteiger charge is -2.08. The molecular weight excluding hydrogens is 302 g/mol. The van der Waals surface area contributed by atoms with Crippen molar-refractivity contribution in [2.75, 3.05) is 13.1 Å². The Hall–Kier alpha value is -1.19. The van der Waals surface area contributed by atoms with Crippen LogP contribution < -0.4 is 14.9 Å². The molecule has 1 aromatic rings. The van der Waals surface area contributed by atoms with E-state index in [9.17, 15) is 18.0 Å². The van der Waals surface area contributed by atoms with Gasteiger partial charge in [-0.3, -0.25) is 9.59 Å². The first kappa shape index (κ1) is 16.9.